The predicted molar refractivity (Wildman–Crippen MR) is 136 cm³/mol. The van der Waals surface area contributed by atoms with Crippen molar-refractivity contribution < 1.29 is 23.2 Å². The van der Waals surface area contributed by atoms with Crippen LogP contribution in [0.1, 0.15) is 83.3 Å². The van der Waals surface area contributed by atoms with Gasteiger partial charge in [-0.15, -0.1) is 0 Å². The summed E-state index contributed by atoms with van der Waals surface area (Å²) in [5, 5.41) is 8.73. The molecule has 0 spiro atoms. The van der Waals surface area contributed by atoms with Crippen LogP contribution in [0.3, 0.4) is 0 Å². The second-order valence-corrected chi connectivity index (χ2v) is 11.8. The highest BCUT2D eigenvalue weighted by Gasteiger charge is 2.39. The van der Waals surface area contributed by atoms with Crippen molar-refractivity contribution in [1.29, 1.82) is 0 Å². The van der Waals surface area contributed by atoms with E-state index in [2.05, 4.69) is 12.1 Å². The second kappa shape index (κ2) is 15.4. The lowest BCUT2D eigenvalue weighted by Gasteiger charge is -2.30. The third-order valence-electron chi connectivity index (χ3n) is 6.64. The summed E-state index contributed by atoms with van der Waals surface area (Å²) in [7, 11) is -2.48. The van der Waals surface area contributed by atoms with Gasteiger partial charge in [-0.3, -0.25) is 0 Å². The average molecular weight is 477 g/mol. The maximum atomic E-state index is 10.6. The van der Waals surface area contributed by atoms with Gasteiger partial charge in [-0.05, 0) is 69.1 Å². The summed E-state index contributed by atoms with van der Waals surface area (Å²) < 4.78 is 17.9. The van der Waals surface area contributed by atoms with E-state index in [0.29, 0.717) is 19.8 Å². The Bertz CT molecular complexity index is 678. The van der Waals surface area contributed by atoms with Crippen molar-refractivity contribution in [2.45, 2.75) is 84.6 Å². The van der Waals surface area contributed by atoms with Crippen LogP contribution in [0.5, 0.6) is 0 Å². The molecule has 0 amide bonds. The zero-order valence-corrected chi connectivity index (χ0v) is 21.9. The lowest BCUT2D eigenvalue weighted by molar-refractivity contribution is -0.131. The number of hydrogen-bond donors (Lipinski definition) is 1. The van der Waals surface area contributed by atoms with E-state index in [1.807, 2.05) is 32.9 Å². The lowest BCUT2D eigenvalue weighted by atomic mass is 9.78. The molecule has 1 N–H and O–H groups in total. The van der Waals surface area contributed by atoms with Crippen molar-refractivity contribution in [2.24, 2.45) is 11.8 Å². The molecule has 0 aromatic heterocycles. The molecule has 5 nitrogen and oxygen atoms in total. The molecule has 1 aromatic carbocycles. The van der Waals surface area contributed by atoms with Crippen molar-refractivity contribution in [3.8, 4) is 0 Å². The zero-order chi connectivity index (χ0) is 23.9. The highest BCUT2D eigenvalue weighted by atomic mass is 28.4. The maximum Gasteiger partial charge on any atom is 0.500 e. The molecule has 1 aliphatic rings. The first kappa shape index (κ1) is 27.8. The molecule has 0 unspecified atom stereocenters. The number of carboxylic acids is 1. The van der Waals surface area contributed by atoms with Crippen molar-refractivity contribution in [1.82, 2.24) is 0 Å². The molecule has 1 fully saturated rings. The van der Waals surface area contributed by atoms with Crippen LogP contribution < -0.4 is 0 Å². The van der Waals surface area contributed by atoms with Crippen LogP contribution in [0.25, 0.3) is 6.08 Å². The monoisotopic (exact) mass is 476 g/mol. The first-order valence-electron chi connectivity index (χ1n) is 12.9. The van der Waals surface area contributed by atoms with E-state index in [1.54, 1.807) is 6.08 Å². The van der Waals surface area contributed by atoms with Crippen LogP contribution in [0.15, 0.2) is 30.3 Å². The molecule has 0 aliphatic heterocycles. The molecule has 2 rings (SSSR count). The number of aryl methyl sites for hydroxylation is 1. The molecule has 0 atom stereocenters. The number of carbonyl (C=O) groups is 1. The molecule has 1 aromatic rings. The van der Waals surface area contributed by atoms with Gasteiger partial charge in [-0.25, -0.2) is 4.79 Å². The molecule has 0 radical (unpaired) electrons. The number of aliphatic carboxylic acids is 1. The number of benzene rings is 1. The largest absolute Gasteiger partial charge is 0.500 e. The van der Waals surface area contributed by atoms with E-state index in [4.69, 9.17) is 18.4 Å². The second-order valence-electron chi connectivity index (χ2n) is 9.07. The third-order valence-corrected chi connectivity index (χ3v) is 9.80. The van der Waals surface area contributed by atoms with E-state index >= 15 is 0 Å². The number of hydrogen-bond acceptors (Lipinski definition) is 4. The van der Waals surface area contributed by atoms with E-state index in [1.165, 1.54) is 56.6 Å². The van der Waals surface area contributed by atoms with Gasteiger partial charge in [0.25, 0.3) is 0 Å². The summed E-state index contributed by atoms with van der Waals surface area (Å²) in [6, 6.07) is 9.20. The minimum absolute atomic E-state index is 0.655. The molecule has 33 heavy (non-hydrogen) atoms. The Morgan fingerprint density at radius 3 is 1.97 bits per heavy atom. The first-order chi connectivity index (χ1) is 16.0. The third kappa shape index (κ3) is 10.5. The van der Waals surface area contributed by atoms with E-state index in [0.717, 1.165) is 36.3 Å². The lowest BCUT2D eigenvalue weighted by Crippen LogP contribution is -2.45. The molecule has 6 heteroatoms. The summed E-state index contributed by atoms with van der Waals surface area (Å²) in [6.45, 7) is 8.03. The minimum atomic E-state index is -2.48. The van der Waals surface area contributed by atoms with Gasteiger partial charge < -0.3 is 18.4 Å². The molecular formula is C27H44O5Si. The van der Waals surface area contributed by atoms with Crippen LogP contribution in [-0.2, 0) is 24.5 Å². The van der Waals surface area contributed by atoms with Gasteiger partial charge in [0.1, 0.15) is 0 Å². The van der Waals surface area contributed by atoms with Gasteiger partial charge in [0, 0.05) is 31.9 Å². The number of carboxylic acid groups (broad SMARTS) is 1. The van der Waals surface area contributed by atoms with Gasteiger partial charge in [-0.2, -0.15) is 0 Å². The minimum Gasteiger partial charge on any atom is -0.478 e. The summed E-state index contributed by atoms with van der Waals surface area (Å²) in [4.78, 5) is 10.6. The van der Waals surface area contributed by atoms with Gasteiger partial charge in [0.2, 0.25) is 0 Å². The Labute approximate surface area is 201 Å². The van der Waals surface area contributed by atoms with Crippen molar-refractivity contribution >= 4 is 20.8 Å². The standard InChI is InChI=1S/C27H44O5Si/c1-4-30-33(31-5-2,32-6-3)22-8-7-9-23-10-12-24(13-11-23)14-15-25-16-18-26(19-17-25)20-21-27(28)29/h16-21,23-24H,4-15,22H2,1-3H3,(H,28,29)/b21-20+/t23-,24-. The average Bonchev–Trinajstić information content (AvgIpc) is 2.81. The fraction of sp³-hybridized carbons (Fsp3) is 0.667. The Morgan fingerprint density at radius 2 is 1.45 bits per heavy atom. The van der Waals surface area contributed by atoms with Gasteiger partial charge in [0.15, 0.2) is 0 Å². The zero-order valence-electron chi connectivity index (χ0n) is 20.9. The van der Waals surface area contributed by atoms with Crippen LogP contribution in [-0.4, -0.2) is 39.7 Å². The Balaban J connectivity index is 1.65. The topological polar surface area (TPSA) is 65.0 Å². The van der Waals surface area contributed by atoms with Crippen molar-refractivity contribution in [3.05, 3.63) is 41.5 Å². The summed E-state index contributed by atoms with van der Waals surface area (Å²) in [6.07, 6.45) is 14.3. The molecule has 1 aliphatic carbocycles. The molecule has 0 heterocycles. The van der Waals surface area contributed by atoms with E-state index in [-0.39, 0.29) is 0 Å². The molecular weight excluding hydrogens is 432 g/mol. The van der Waals surface area contributed by atoms with E-state index in [9.17, 15) is 4.79 Å². The fourth-order valence-corrected chi connectivity index (χ4v) is 7.60. The van der Waals surface area contributed by atoms with Gasteiger partial charge in [0.05, 0.1) is 0 Å². The first-order valence-corrected chi connectivity index (χ1v) is 14.8. The van der Waals surface area contributed by atoms with E-state index < -0.39 is 14.8 Å². The predicted octanol–water partition coefficient (Wildman–Crippen LogP) is 6.74. The van der Waals surface area contributed by atoms with Gasteiger partial charge in [-0.1, -0.05) is 62.8 Å². The molecule has 186 valence electrons. The summed E-state index contributed by atoms with van der Waals surface area (Å²) in [5.74, 6) is 0.789. The summed E-state index contributed by atoms with van der Waals surface area (Å²) in [5.41, 5.74) is 2.28. The van der Waals surface area contributed by atoms with Crippen LogP contribution in [0, 0.1) is 11.8 Å². The van der Waals surface area contributed by atoms with Crippen molar-refractivity contribution in [2.75, 3.05) is 19.8 Å². The molecule has 1 saturated carbocycles. The smallest absolute Gasteiger partial charge is 0.478 e. The summed E-state index contributed by atoms with van der Waals surface area (Å²) >= 11 is 0. The Morgan fingerprint density at radius 1 is 0.909 bits per heavy atom. The SMILES string of the molecule is CCO[Si](CCCC[C@H]1CC[C@H](CCc2ccc(/C=C/C(=O)O)cc2)CC1)(OCC)OCC. The Kier molecular flexibility index (Phi) is 13.0. The van der Waals surface area contributed by atoms with Crippen LogP contribution >= 0.6 is 0 Å². The highest BCUT2D eigenvalue weighted by molar-refractivity contribution is 6.60. The van der Waals surface area contributed by atoms with Gasteiger partial charge >= 0.3 is 14.8 Å². The fourth-order valence-electron chi connectivity index (χ4n) is 4.92. The van der Waals surface area contributed by atoms with Crippen LogP contribution in [0.2, 0.25) is 6.04 Å². The molecule has 0 saturated heterocycles. The Hall–Kier alpha value is -1.47. The van der Waals surface area contributed by atoms with Crippen LogP contribution in [0.4, 0.5) is 0 Å². The normalized spacial score (nSPS) is 19.2. The number of rotatable bonds is 16. The quantitative estimate of drug-likeness (QED) is 0.162. The highest BCUT2D eigenvalue weighted by Crippen LogP contribution is 2.34. The maximum absolute atomic E-state index is 10.6. The van der Waals surface area contributed by atoms with Crippen molar-refractivity contribution in [3.63, 3.8) is 0 Å². The molecule has 0 bridgehead atoms. The number of unbranched alkanes of at least 4 members (excludes halogenated alkanes) is 1.